The van der Waals surface area contributed by atoms with Crippen LogP contribution in [0.2, 0.25) is 0 Å². The summed E-state index contributed by atoms with van der Waals surface area (Å²) in [6.45, 7) is 6.80. The summed E-state index contributed by atoms with van der Waals surface area (Å²) in [7, 11) is 0. The fraction of sp³-hybridized carbons (Fsp3) is 0.692. The molecule has 1 amide bonds. The minimum absolute atomic E-state index is 0.0771. The molecule has 7 nitrogen and oxygen atoms in total. The van der Waals surface area contributed by atoms with Crippen LogP contribution in [0.1, 0.15) is 17.8 Å². The Morgan fingerprint density at radius 2 is 2.15 bits per heavy atom. The van der Waals surface area contributed by atoms with E-state index in [1.54, 1.807) is 4.68 Å². The number of nitrogens with zero attached hydrogens (tertiary/aromatic N) is 3. The maximum atomic E-state index is 11.3. The zero-order chi connectivity index (χ0) is 14.7. The number of hydrogen-bond donors (Lipinski definition) is 3. The minimum Gasteiger partial charge on any atom is -0.396 e. The molecular weight excluding hydrogens is 258 g/mol. The lowest BCUT2D eigenvalue weighted by Crippen LogP contribution is -2.37. The van der Waals surface area contributed by atoms with Gasteiger partial charge in [0.1, 0.15) is 0 Å². The lowest BCUT2D eigenvalue weighted by molar-refractivity contribution is -0.120. The van der Waals surface area contributed by atoms with Crippen LogP contribution in [0.15, 0.2) is 0 Å². The number of nitrogens with one attached hydrogen (secondary N) is 1. The van der Waals surface area contributed by atoms with Gasteiger partial charge >= 0.3 is 0 Å². The Hall–Kier alpha value is -1.60. The Morgan fingerprint density at radius 3 is 2.80 bits per heavy atom. The van der Waals surface area contributed by atoms with Gasteiger partial charge in [-0.1, -0.05) is 0 Å². The Bertz CT molecular complexity index is 485. The number of amides is 1. The summed E-state index contributed by atoms with van der Waals surface area (Å²) in [5, 5.41) is 17.3. The minimum atomic E-state index is -0.527. The average Bonchev–Trinajstić information content (AvgIpc) is 2.58. The number of carbonyl (C=O) groups excluding carboxylic acids is 1. The molecule has 1 aromatic heterocycles. The summed E-state index contributed by atoms with van der Waals surface area (Å²) >= 11 is 0. The van der Waals surface area contributed by atoms with Crippen molar-refractivity contribution in [2.45, 2.75) is 32.9 Å². The highest BCUT2D eigenvalue weighted by Gasteiger charge is 2.18. The molecule has 2 rings (SSSR count). The van der Waals surface area contributed by atoms with E-state index in [1.165, 1.54) is 0 Å². The molecule has 1 fully saturated rings. The first-order valence-corrected chi connectivity index (χ1v) is 6.94. The van der Waals surface area contributed by atoms with Gasteiger partial charge in [-0.15, -0.1) is 0 Å². The van der Waals surface area contributed by atoms with E-state index in [-0.39, 0.29) is 5.91 Å². The molecule has 20 heavy (non-hydrogen) atoms. The van der Waals surface area contributed by atoms with Crippen molar-refractivity contribution in [3.8, 4) is 0 Å². The smallest absolute Gasteiger partial charge is 0.221 e. The third-order valence-corrected chi connectivity index (χ3v) is 3.70. The Morgan fingerprint density at radius 1 is 1.40 bits per heavy atom. The first kappa shape index (κ1) is 14.8. The molecular formula is C13H23N5O2. The number of nitrogen functional groups attached to an aromatic ring is 1. The van der Waals surface area contributed by atoms with Crippen molar-refractivity contribution in [2.75, 3.05) is 31.9 Å². The molecule has 112 valence electrons. The summed E-state index contributed by atoms with van der Waals surface area (Å²) in [5.74, 6) is 0.0771. The fourth-order valence-electron chi connectivity index (χ4n) is 2.44. The number of β-amino-alcohol motifs (C(OH)–C–C–N with tert-alkyl or cyclic N) is 1. The highest BCUT2D eigenvalue weighted by molar-refractivity contribution is 5.76. The summed E-state index contributed by atoms with van der Waals surface area (Å²) in [5.41, 5.74) is 8.23. The van der Waals surface area contributed by atoms with E-state index < -0.39 is 6.10 Å². The topological polar surface area (TPSA) is 96.4 Å². The quantitative estimate of drug-likeness (QED) is 0.676. The second kappa shape index (κ2) is 6.23. The number of aromatic nitrogens is 2. The monoisotopic (exact) mass is 281 g/mol. The standard InChI is InChI=1S/C13H23N5O2/c1-9-13(14)10(2)18(16-9)8-11(19)7-17-5-3-12(20)15-4-6-17/h11,19H,3-8,14H2,1-2H3,(H,15,20). The van der Waals surface area contributed by atoms with Gasteiger partial charge < -0.3 is 16.2 Å². The first-order chi connectivity index (χ1) is 9.47. The number of hydrogen-bond acceptors (Lipinski definition) is 5. The van der Waals surface area contributed by atoms with Crippen LogP contribution in [-0.4, -0.2) is 58.0 Å². The van der Waals surface area contributed by atoms with E-state index >= 15 is 0 Å². The van der Waals surface area contributed by atoms with Crippen molar-refractivity contribution in [1.82, 2.24) is 20.0 Å². The largest absolute Gasteiger partial charge is 0.396 e. The number of aliphatic hydroxyl groups is 1. The van der Waals surface area contributed by atoms with Gasteiger partial charge in [-0.25, -0.2) is 0 Å². The van der Waals surface area contributed by atoms with Crippen LogP contribution < -0.4 is 11.1 Å². The molecule has 7 heteroatoms. The van der Waals surface area contributed by atoms with Gasteiger partial charge in [-0.3, -0.25) is 14.4 Å². The molecule has 1 atom stereocenters. The van der Waals surface area contributed by atoms with Crippen molar-refractivity contribution < 1.29 is 9.90 Å². The first-order valence-electron chi connectivity index (χ1n) is 6.94. The molecule has 0 aliphatic carbocycles. The van der Waals surface area contributed by atoms with Crippen LogP contribution in [0, 0.1) is 13.8 Å². The van der Waals surface area contributed by atoms with Crippen molar-refractivity contribution in [1.29, 1.82) is 0 Å². The normalized spacial score (nSPS) is 18.6. The molecule has 1 unspecified atom stereocenters. The summed E-state index contributed by atoms with van der Waals surface area (Å²) in [6.07, 6.45) is -0.0415. The van der Waals surface area contributed by atoms with Gasteiger partial charge in [0, 0.05) is 32.6 Å². The summed E-state index contributed by atoms with van der Waals surface area (Å²) in [6, 6.07) is 0. The molecule has 0 saturated carbocycles. The summed E-state index contributed by atoms with van der Waals surface area (Å²) in [4.78, 5) is 13.4. The molecule has 0 aromatic carbocycles. The van der Waals surface area contributed by atoms with E-state index in [0.29, 0.717) is 38.3 Å². The molecule has 1 aliphatic rings. The third-order valence-electron chi connectivity index (χ3n) is 3.70. The SMILES string of the molecule is Cc1nn(CC(O)CN2CCNC(=O)CC2)c(C)c1N. The van der Waals surface area contributed by atoms with Gasteiger partial charge in [-0.2, -0.15) is 5.10 Å². The van der Waals surface area contributed by atoms with Crippen molar-refractivity contribution in [2.24, 2.45) is 0 Å². The molecule has 0 spiro atoms. The van der Waals surface area contributed by atoms with Crippen LogP contribution in [0.5, 0.6) is 0 Å². The zero-order valence-corrected chi connectivity index (χ0v) is 12.1. The van der Waals surface area contributed by atoms with E-state index in [1.807, 2.05) is 13.8 Å². The van der Waals surface area contributed by atoms with Crippen LogP contribution in [0.4, 0.5) is 5.69 Å². The van der Waals surface area contributed by atoms with E-state index in [4.69, 9.17) is 5.73 Å². The van der Waals surface area contributed by atoms with Crippen molar-refractivity contribution in [3.63, 3.8) is 0 Å². The van der Waals surface area contributed by atoms with E-state index in [9.17, 15) is 9.90 Å². The number of aliphatic hydroxyl groups excluding tert-OH is 1. The molecule has 1 aliphatic heterocycles. The fourth-order valence-corrected chi connectivity index (χ4v) is 2.44. The number of rotatable bonds is 4. The van der Waals surface area contributed by atoms with Gasteiger partial charge in [0.15, 0.2) is 0 Å². The van der Waals surface area contributed by atoms with Crippen LogP contribution in [0.25, 0.3) is 0 Å². The lowest BCUT2D eigenvalue weighted by Gasteiger charge is -2.22. The van der Waals surface area contributed by atoms with Crippen molar-refractivity contribution in [3.05, 3.63) is 11.4 Å². The number of carbonyl (C=O) groups is 1. The molecule has 0 radical (unpaired) electrons. The Balaban J connectivity index is 1.90. The molecule has 1 saturated heterocycles. The van der Waals surface area contributed by atoms with Crippen LogP contribution in [0.3, 0.4) is 0 Å². The Labute approximate surface area is 118 Å². The third kappa shape index (κ3) is 3.49. The molecule has 0 bridgehead atoms. The van der Waals surface area contributed by atoms with Gasteiger partial charge in [0.05, 0.1) is 29.7 Å². The van der Waals surface area contributed by atoms with Gasteiger partial charge in [0.25, 0.3) is 0 Å². The Kier molecular flexibility index (Phi) is 4.61. The summed E-state index contributed by atoms with van der Waals surface area (Å²) < 4.78 is 1.75. The molecule has 2 heterocycles. The maximum absolute atomic E-state index is 11.3. The lowest BCUT2D eigenvalue weighted by atomic mass is 10.3. The number of aryl methyl sites for hydroxylation is 1. The number of anilines is 1. The predicted molar refractivity (Wildman–Crippen MR) is 76.2 cm³/mol. The number of nitrogens with two attached hydrogens (primary N) is 1. The highest BCUT2D eigenvalue weighted by atomic mass is 16.3. The van der Waals surface area contributed by atoms with Crippen LogP contribution >= 0.6 is 0 Å². The molecule has 4 N–H and O–H groups in total. The predicted octanol–water partition coefficient (Wildman–Crippen LogP) is -0.735. The van der Waals surface area contributed by atoms with Crippen LogP contribution in [-0.2, 0) is 11.3 Å². The van der Waals surface area contributed by atoms with E-state index in [0.717, 1.165) is 17.9 Å². The maximum Gasteiger partial charge on any atom is 0.221 e. The second-order valence-corrected chi connectivity index (χ2v) is 5.32. The zero-order valence-electron chi connectivity index (χ0n) is 12.1. The van der Waals surface area contributed by atoms with Gasteiger partial charge in [0.2, 0.25) is 5.91 Å². The molecule has 1 aromatic rings. The van der Waals surface area contributed by atoms with Crippen molar-refractivity contribution >= 4 is 11.6 Å². The second-order valence-electron chi connectivity index (χ2n) is 5.32. The van der Waals surface area contributed by atoms with E-state index in [2.05, 4.69) is 15.3 Å². The highest BCUT2D eigenvalue weighted by Crippen LogP contribution is 2.15. The van der Waals surface area contributed by atoms with Gasteiger partial charge in [-0.05, 0) is 13.8 Å². The average molecular weight is 281 g/mol.